The van der Waals surface area contributed by atoms with Crippen LogP contribution in [0.2, 0.25) is 0 Å². The number of hydrogen-bond acceptors (Lipinski definition) is 1. The van der Waals surface area contributed by atoms with Crippen LogP contribution in [0, 0.1) is 0 Å². The Hall–Kier alpha value is -1.31. The molecule has 2 nitrogen and oxygen atoms in total. The van der Waals surface area contributed by atoms with Gasteiger partial charge in [0.15, 0.2) is 0 Å². The fourth-order valence-corrected chi connectivity index (χ4v) is 2.36. The molecule has 1 unspecified atom stereocenters. The van der Waals surface area contributed by atoms with Crippen LogP contribution in [-0.2, 0) is 6.42 Å². The van der Waals surface area contributed by atoms with Crippen LogP contribution < -0.4 is 0 Å². The standard InChI is InChI=1S/C12H14O2/c1-2-8-6-7-10-9(8)4-3-5-11(10)12(13)14/h3-5,8H,2,6-7H2,1H3,(H,13,14). The number of benzene rings is 1. The average molecular weight is 190 g/mol. The van der Waals surface area contributed by atoms with Gasteiger partial charge >= 0.3 is 5.97 Å². The van der Waals surface area contributed by atoms with Crippen LogP contribution in [0.15, 0.2) is 18.2 Å². The highest BCUT2D eigenvalue weighted by Gasteiger charge is 2.24. The molecule has 0 heterocycles. The molecule has 0 saturated carbocycles. The molecule has 14 heavy (non-hydrogen) atoms. The predicted molar refractivity (Wildman–Crippen MR) is 54.8 cm³/mol. The molecule has 1 aliphatic carbocycles. The van der Waals surface area contributed by atoms with E-state index in [1.807, 2.05) is 6.07 Å². The minimum atomic E-state index is -0.793. The van der Waals surface area contributed by atoms with E-state index < -0.39 is 5.97 Å². The Morgan fingerprint density at radius 3 is 3.00 bits per heavy atom. The number of fused-ring (bicyclic) bond motifs is 1. The van der Waals surface area contributed by atoms with Gasteiger partial charge in [-0.25, -0.2) is 4.79 Å². The third-order valence-electron chi connectivity index (χ3n) is 3.12. The van der Waals surface area contributed by atoms with Gasteiger partial charge in [0.1, 0.15) is 0 Å². The third kappa shape index (κ3) is 1.31. The lowest BCUT2D eigenvalue weighted by Gasteiger charge is -2.08. The van der Waals surface area contributed by atoms with Gasteiger partial charge in [0.05, 0.1) is 5.56 Å². The van der Waals surface area contributed by atoms with Crippen molar-refractivity contribution in [3.63, 3.8) is 0 Å². The molecule has 1 aliphatic rings. The van der Waals surface area contributed by atoms with Crippen molar-refractivity contribution in [2.45, 2.75) is 32.1 Å². The van der Waals surface area contributed by atoms with Gasteiger partial charge in [0.2, 0.25) is 0 Å². The minimum Gasteiger partial charge on any atom is -0.478 e. The molecule has 1 aromatic carbocycles. The summed E-state index contributed by atoms with van der Waals surface area (Å²) in [5, 5.41) is 9.01. The summed E-state index contributed by atoms with van der Waals surface area (Å²) in [6, 6.07) is 5.64. The maximum Gasteiger partial charge on any atom is 0.335 e. The molecule has 0 saturated heterocycles. The zero-order valence-electron chi connectivity index (χ0n) is 8.29. The van der Waals surface area contributed by atoms with E-state index in [4.69, 9.17) is 5.11 Å². The van der Waals surface area contributed by atoms with Crippen molar-refractivity contribution in [1.82, 2.24) is 0 Å². The number of carboxylic acid groups (broad SMARTS) is 1. The lowest BCUT2D eigenvalue weighted by molar-refractivity contribution is 0.0696. The van der Waals surface area contributed by atoms with Gasteiger partial charge in [0, 0.05) is 0 Å². The SMILES string of the molecule is CCC1CCc2c(C(=O)O)cccc21. The van der Waals surface area contributed by atoms with Crippen molar-refractivity contribution in [1.29, 1.82) is 0 Å². The van der Waals surface area contributed by atoms with E-state index in [-0.39, 0.29) is 0 Å². The summed E-state index contributed by atoms with van der Waals surface area (Å²) >= 11 is 0. The Balaban J connectivity index is 2.49. The Morgan fingerprint density at radius 2 is 2.36 bits per heavy atom. The van der Waals surface area contributed by atoms with Gasteiger partial charge in [-0.05, 0) is 42.4 Å². The summed E-state index contributed by atoms with van der Waals surface area (Å²) in [6.45, 7) is 2.16. The van der Waals surface area contributed by atoms with Crippen molar-refractivity contribution in [2.75, 3.05) is 0 Å². The van der Waals surface area contributed by atoms with Crippen molar-refractivity contribution < 1.29 is 9.90 Å². The first kappa shape index (κ1) is 9.25. The molecule has 0 aromatic heterocycles. The maximum absolute atomic E-state index is 11.0. The molecule has 2 rings (SSSR count). The fraction of sp³-hybridized carbons (Fsp3) is 0.417. The molecule has 0 amide bonds. The molecule has 1 atom stereocenters. The van der Waals surface area contributed by atoms with Crippen LogP contribution in [0.1, 0.15) is 47.2 Å². The van der Waals surface area contributed by atoms with Crippen LogP contribution in [0.5, 0.6) is 0 Å². The summed E-state index contributed by atoms with van der Waals surface area (Å²) in [4.78, 5) is 11.0. The Bertz CT molecular complexity index is 369. The molecule has 1 N–H and O–H groups in total. The quantitative estimate of drug-likeness (QED) is 0.778. The predicted octanol–water partition coefficient (Wildman–Crippen LogP) is 2.82. The summed E-state index contributed by atoms with van der Waals surface area (Å²) in [5.74, 6) is -0.220. The van der Waals surface area contributed by atoms with Gasteiger partial charge in [-0.3, -0.25) is 0 Å². The molecule has 0 spiro atoms. The van der Waals surface area contributed by atoms with Gasteiger partial charge < -0.3 is 5.11 Å². The van der Waals surface area contributed by atoms with Crippen molar-refractivity contribution >= 4 is 5.97 Å². The Morgan fingerprint density at radius 1 is 1.57 bits per heavy atom. The first-order valence-corrected chi connectivity index (χ1v) is 5.09. The molecule has 0 radical (unpaired) electrons. The highest BCUT2D eigenvalue weighted by molar-refractivity contribution is 5.90. The summed E-state index contributed by atoms with van der Waals surface area (Å²) in [7, 11) is 0. The monoisotopic (exact) mass is 190 g/mol. The first-order chi connectivity index (χ1) is 6.74. The van der Waals surface area contributed by atoms with Gasteiger partial charge in [-0.1, -0.05) is 19.1 Å². The van der Waals surface area contributed by atoms with Gasteiger partial charge in [0.25, 0.3) is 0 Å². The lowest BCUT2D eigenvalue weighted by Crippen LogP contribution is -2.01. The van der Waals surface area contributed by atoms with Gasteiger partial charge in [-0.15, -0.1) is 0 Å². The van der Waals surface area contributed by atoms with Crippen molar-refractivity contribution in [3.05, 3.63) is 34.9 Å². The molecule has 1 aromatic rings. The van der Waals surface area contributed by atoms with E-state index in [0.29, 0.717) is 11.5 Å². The molecule has 0 aliphatic heterocycles. The second-order valence-electron chi connectivity index (χ2n) is 3.82. The summed E-state index contributed by atoms with van der Waals surface area (Å²) in [5.41, 5.74) is 2.82. The highest BCUT2D eigenvalue weighted by atomic mass is 16.4. The van der Waals surface area contributed by atoms with E-state index >= 15 is 0 Å². The average Bonchev–Trinajstić information content (AvgIpc) is 2.59. The zero-order chi connectivity index (χ0) is 10.1. The van der Waals surface area contributed by atoms with Gasteiger partial charge in [-0.2, -0.15) is 0 Å². The summed E-state index contributed by atoms with van der Waals surface area (Å²) < 4.78 is 0. The smallest absolute Gasteiger partial charge is 0.335 e. The van der Waals surface area contributed by atoms with E-state index in [9.17, 15) is 4.79 Å². The third-order valence-corrected chi connectivity index (χ3v) is 3.12. The molecule has 2 heteroatoms. The van der Waals surface area contributed by atoms with Crippen molar-refractivity contribution in [2.24, 2.45) is 0 Å². The zero-order valence-corrected chi connectivity index (χ0v) is 8.29. The number of aromatic carboxylic acids is 1. The molecule has 0 bridgehead atoms. The first-order valence-electron chi connectivity index (χ1n) is 5.09. The van der Waals surface area contributed by atoms with E-state index in [1.165, 1.54) is 5.56 Å². The lowest BCUT2D eigenvalue weighted by atomic mass is 9.97. The molecule has 74 valence electrons. The number of carbonyl (C=O) groups is 1. The van der Waals surface area contributed by atoms with Crippen LogP contribution in [0.25, 0.3) is 0 Å². The van der Waals surface area contributed by atoms with Crippen LogP contribution >= 0.6 is 0 Å². The van der Waals surface area contributed by atoms with E-state index in [1.54, 1.807) is 6.07 Å². The fourth-order valence-electron chi connectivity index (χ4n) is 2.36. The minimum absolute atomic E-state index is 0.499. The molecular formula is C12H14O2. The van der Waals surface area contributed by atoms with Crippen LogP contribution in [0.3, 0.4) is 0 Å². The highest BCUT2D eigenvalue weighted by Crippen LogP contribution is 2.36. The van der Waals surface area contributed by atoms with Crippen LogP contribution in [-0.4, -0.2) is 11.1 Å². The van der Waals surface area contributed by atoms with Crippen molar-refractivity contribution in [3.8, 4) is 0 Å². The number of rotatable bonds is 2. The Labute approximate surface area is 83.6 Å². The number of hydrogen-bond donors (Lipinski definition) is 1. The molecular weight excluding hydrogens is 176 g/mol. The van der Waals surface area contributed by atoms with E-state index in [0.717, 1.165) is 24.8 Å². The number of carboxylic acids is 1. The summed E-state index contributed by atoms with van der Waals surface area (Å²) in [6.07, 6.45) is 3.14. The van der Waals surface area contributed by atoms with Crippen LogP contribution in [0.4, 0.5) is 0 Å². The largest absolute Gasteiger partial charge is 0.478 e. The second kappa shape index (κ2) is 3.45. The van der Waals surface area contributed by atoms with E-state index in [2.05, 4.69) is 13.0 Å². The second-order valence-corrected chi connectivity index (χ2v) is 3.82. The normalized spacial score (nSPS) is 19.4. The Kier molecular flexibility index (Phi) is 2.28. The topological polar surface area (TPSA) is 37.3 Å². The molecule has 0 fully saturated rings. The maximum atomic E-state index is 11.0.